The molecule has 0 aromatic rings. The quantitative estimate of drug-likeness (QED) is 0.327. The predicted octanol–water partition coefficient (Wildman–Crippen LogP) is 2.64. The van der Waals surface area contributed by atoms with Crippen molar-refractivity contribution in [1.29, 1.82) is 0 Å². The Bertz CT molecular complexity index is 407. The summed E-state index contributed by atoms with van der Waals surface area (Å²) in [4.78, 5) is 7.53. The molecule has 0 aliphatic carbocycles. The molecule has 3 unspecified atom stereocenters. The van der Waals surface area contributed by atoms with E-state index in [1.54, 1.807) is 0 Å². The van der Waals surface area contributed by atoms with Gasteiger partial charge in [0.1, 0.15) is 0 Å². The van der Waals surface area contributed by atoms with Gasteiger partial charge in [0.25, 0.3) is 0 Å². The first-order chi connectivity index (χ1) is 13.2. The maximum Gasteiger partial charge on any atom is 0.191 e. The normalized spacial score (nSPS) is 24.0. The molecule has 2 rings (SSSR count). The molecular formula is C21H42N4O2. The molecule has 2 heterocycles. The Hall–Kier alpha value is -0.850. The summed E-state index contributed by atoms with van der Waals surface area (Å²) in [7, 11) is 0. The van der Waals surface area contributed by atoms with Crippen molar-refractivity contribution in [3.05, 3.63) is 0 Å². The van der Waals surface area contributed by atoms with E-state index in [0.29, 0.717) is 18.0 Å². The lowest BCUT2D eigenvalue weighted by Gasteiger charge is -2.36. The second kappa shape index (κ2) is 13.3. The van der Waals surface area contributed by atoms with Crippen LogP contribution in [0.3, 0.4) is 0 Å². The summed E-state index contributed by atoms with van der Waals surface area (Å²) in [6, 6.07) is 0.906. The van der Waals surface area contributed by atoms with Crippen LogP contribution in [0.25, 0.3) is 0 Å². The number of unbranched alkanes of at least 4 members (excludes halogenated alkanes) is 3. The van der Waals surface area contributed by atoms with Crippen LogP contribution in [-0.4, -0.2) is 75.5 Å². The van der Waals surface area contributed by atoms with Gasteiger partial charge in [-0.25, -0.2) is 0 Å². The standard InChI is InChI=1S/C21H42N4O2/c1-4-6-7-8-9-18(3)24-21(22-5-2)23-16-20(19-10-13-27-17-19)25-11-14-26-15-12-25/h18-20H,4-17H2,1-3H3,(H2,22,23,24). The van der Waals surface area contributed by atoms with Crippen molar-refractivity contribution in [1.82, 2.24) is 15.5 Å². The van der Waals surface area contributed by atoms with Crippen LogP contribution in [0.5, 0.6) is 0 Å². The van der Waals surface area contributed by atoms with Crippen molar-refractivity contribution in [2.75, 3.05) is 52.6 Å². The molecule has 2 fully saturated rings. The zero-order valence-corrected chi connectivity index (χ0v) is 17.8. The molecule has 0 bridgehead atoms. The van der Waals surface area contributed by atoms with E-state index in [0.717, 1.165) is 65.0 Å². The minimum atomic E-state index is 0.451. The summed E-state index contributed by atoms with van der Waals surface area (Å²) in [6.07, 6.45) is 7.60. The number of nitrogens with one attached hydrogen (secondary N) is 2. The monoisotopic (exact) mass is 382 g/mol. The van der Waals surface area contributed by atoms with E-state index in [2.05, 4.69) is 36.3 Å². The van der Waals surface area contributed by atoms with Crippen LogP contribution in [0.2, 0.25) is 0 Å². The zero-order chi connectivity index (χ0) is 19.3. The number of morpholine rings is 1. The second-order valence-corrected chi connectivity index (χ2v) is 7.95. The van der Waals surface area contributed by atoms with Gasteiger partial charge in [-0.15, -0.1) is 0 Å². The van der Waals surface area contributed by atoms with Crippen LogP contribution in [-0.2, 0) is 9.47 Å². The van der Waals surface area contributed by atoms with Crippen molar-refractivity contribution >= 4 is 5.96 Å². The van der Waals surface area contributed by atoms with E-state index in [9.17, 15) is 0 Å². The lowest BCUT2D eigenvalue weighted by atomic mass is 9.97. The Labute approximate surface area is 166 Å². The minimum Gasteiger partial charge on any atom is -0.381 e. The number of guanidine groups is 1. The summed E-state index contributed by atoms with van der Waals surface area (Å²) in [5, 5.41) is 7.04. The molecular weight excluding hydrogens is 340 g/mol. The fraction of sp³-hybridized carbons (Fsp3) is 0.952. The van der Waals surface area contributed by atoms with Gasteiger partial charge in [-0.05, 0) is 26.7 Å². The third-order valence-electron chi connectivity index (χ3n) is 5.68. The van der Waals surface area contributed by atoms with Gasteiger partial charge in [-0.1, -0.05) is 32.6 Å². The van der Waals surface area contributed by atoms with Crippen LogP contribution >= 0.6 is 0 Å². The summed E-state index contributed by atoms with van der Waals surface area (Å²) >= 11 is 0. The molecule has 0 aromatic carbocycles. The lowest BCUT2D eigenvalue weighted by molar-refractivity contribution is 0.00368. The SMILES string of the molecule is CCCCCCC(C)NC(=NCC(C1CCOC1)N1CCOCC1)NCC. The fourth-order valence-electron chi connectivity index (χ4n) is 4.02. The minimum absolute atomic E-state index is 0.451. The predicted molar refractivity (Wildman–Crippen MR) is 112 cm³/mol. The number of hydrogen-bond acceptors (Lipinski definition) is 4. The molecule has 6 heteroatoms. The highest BCUT2D eigenvalue weighted by molar-refractivity contribution is 5.80. The summed E-state index contributed by atoms with van der Waals surface area (Å²) in [6.45, 7) is 13.8. The molecule has 2 aliphatic rings. The zero-order valence-electron chi connectivity index (χ0n) is 17.8. The lowest BCUT2D eigenvalue weighted by Crippen LogP contribution is -2.49. The molecule has 27 heavy (non-hydrogen) atoms. The Morgan fingerprint density at radius 1 is 1.11 bits per heavy atom. The molecule has 3 atom stereocenters. The van der Waals surface area contributed by atoms with Gasteiger partial charge in [-0.3, -0.25) is 9.89 Å². The molecule has 0 amide bonds. The second-order valence-electron chi connectivity index (χ2n) is 7.95. The Balaban J connectivity index is 1.89. The summed E-state index contributed by atoms with van der Waals surface area (Å²) in [5.41, 5.74) is 0. The average molecular weight is 383 g/mol. The van der Waals surface area contributed by atoms with Crippen molar-refractivity contribution in [2.45, 2.75) is 71.4 Å². The third kappa shape index (κ3) is 8.36. The van der Waals surface area contributed by atoms with Gasteiger partial charge in [0.2, 0.25) is 0 Å². The Kier molecular flexibility index (Phi) is 11.1. The van der Waals surface area contributed by atoms with Gasteiger partial charge < -0.3 is 20.1 Å². The highest BCUT2D eigenvalue weighted by Gasteiger charge is 2.31. The van der Waals surface area contributed by atoms with Gasteiger partial charge in [0, 0.05) is 44.2 Å². The van der Waals surface area contributed by atoms with Crippen molar-refractivity contribution in [2.24, 2.45) is 10.9 Å². The maximum absolute atomic E-state index is 5.67. The van der Waals surface area contributed by atoms with Crippen molar-refractivity contribution in [3.63, 3.8) is 0 Å². The molecule has 2 N–H and O–H groups in total. The van der Waals surface area contributed by atoms with Crippen LogP contribution in [0.1, 0.15) is 59.3 Å². The number of aliphatic imine (C=N–C) groups is 1. The first kappa shape index (κ1) is 22.4. The van der Waals surface area contributed by atoms with Gasteiger partial charge in [-0.2, -0.15) is 0 Å². The van der Waals surface area contributed by atoms with E-state index in [4.69, 9.17) is 14.5 Å². The number of ether oxygens (including phenoxy) is 2. The molecule has 0 radical (unpaired) electrons. The molecule has 0 aromatic heterocycles. The first-order valence-electron chi connectivity index (χ1n) is 11.2. The first-order valence-corrected chi connectivity index (χ1v) is 11.2. The molecule has 2 saturated heterocycles. The Morgan fingerprint density at radius 2 is 1.93 bits per heavy atom. The smallest absolute Gasteiger partial charge is 0.191 e. The van der Waals surface area contributed by atoms with Crippen LogP contribution in [0.15, 0.2) is 4.99 Å². The van der Waals surface area contributed by atoms with E-state index in [1.807, 2.05) is 0 Å². The van der Waals surface area contributed by atoms with Crippen molar-refractivity contribution in [3.8, 4) is 0 Å². The number of hydrogen-bond donors (Lipinski definition) is 2. The van der Waals surface area contributed by atoms with E-state index in [1.165, 1.54) is 32.1 Å². The third-order valence-corrected chi connectivity index (χ3v) is 5.68. The highest BCUT2D eigenvalue weighted by Crippen LogP contribution is 2.22. The van der Waals surface area contributed by atoms with Gasteiger partial charge in [0.15, 0.2) is 5.96 Å². The number of rotatable bonds is 11. The average Bonchev–Trinajstić information content (AvgIpc) is 3.21. The molecule has 0 spiro atoms. The number of nitrogens with zero attached hydrogens (tertiary/aromatic N) is 2. The molecule has 158 valence electrons. The van der Waals surface area contributed by atoms with E-state index < -0.39 is 0 Å². The van der Waals surface area contributed by atoms with Crippen molar-refractivity contribution < 1.29 is 9.47 Å². The Morgan fingerprint density at radius 3 is 2.59 bits per heavy atom. The largest absolute Gasteiger partial charge is 0.381 e. The highest BCUT2D eigenvalue weighted by atomic mass is 16.5. The van der Waals surface area contributed by atoms with Crippen LogP contribution in [0, 0.1) is 5.92 Å². The molecule has 0 saturated carbocycles. The van der Waals surface area contributed by atoms with Crippen LogP contribution in [0.4, 0.5) is 0 Å². The van der Waals surface area contributed by atoms with E-state index >= 15 is 0 Å². The summed E-state index contributed by atoms with van der Waals surface area (Å²) < 4.78 is 11.2. The molecule has 6 nitrogen and oxygen atoms in total. The van der Waals surface area contributed by atoms with Gasteiger partial charge in [0.05, 0.1) is 26.4 Å². The molecule has 2 aliphatic heterocycles. The van der Waals surface area contributed by atoms with E-state index in [-0.39, 0.29) is 0 Å². The topological polar surface area (TPSA) is 58.1 Å². The van der Waals surface area contributed by atoms with Crippen LogP contribution < -0.4 is 10.6 Å². The van der Waals surface area contributed by atoms with Gasteiger partial charge >= 0.3 is 0 Å². The fourth-order valence-corrected chi connectivity index (χ4v) is 4.02. The summed E-state index contributed by atoms with van der Waals surface area (Å²) in [5.74, 6) is 1.54. The maximum atomic E-state index is 5.67.